The Morgan fingerprint density at radius 1 is 0.923 bits per heavy atom. The zero-order valence-electron chi connectivity index (χ0n) is 6.78. The third-order valence-corrected chi connectivity index (χ3v) is 1.43. The summed E-state index contributed by atoms with van der Waals surface area (Å²) in [5.74, 6) is 1.47. The van der Waals surface area contributed by atoms with Gasteiger partial charge >= 0.3 is 0 Å². The Labute approximate surface area is 75.3 Å². The molecule has 0 unspecified atom stereocenters. The molecule has 0 amide bonds. The SMILES string of the molecule is C1=CONC(NC2=CC=CON2)=C1. The first-order valence-corrected chi connectivity index (χ1v) is 3.79. The minimum Gasteiger partial charge on any atom is -0.389 e. The van der Waals surface area contributed by atoms with E-state index >= 15 is 0 Å². The first-order chi connectivity index (χ1) is 6.45. The first-order valence-electron chi connectivity index (χ1n) is 3.79. The number of hydroxylamine groups is 2. The van der Waals surface area contributed by atoms with Crippen molar-refractivity contribution in [2.45, 2.75) is 0 Å². The fourth-order valence-electron chi connectivity index (χ4n) is 0.892. The van der Waals surface area contributed by atoms with Gasteiger partial charge in [-0.15, -0.1) is 0 Å². The quantitative estimate of drug-likeness (QED) is 0.571. The third-order valence-electron chi connectivity index (χ3n) is 1.43. The highest BCUT2D eigenvalue weighted by Crippen LogP contribution is 1.99. The molecular weight excluding hydrogens is 170 g/mol. The average Bonchev–Trinajstić information content (AvgIpc) is 2.21. The summed E-state index contributed by atoms with van der Waals surface area (Å²) in [6, 6.07) is 0. The molecule has 0 atom stereocenters. The number of rotatable bonds is 2. The molecule has 68 valence electrons. The van der Waals surface area contributed by atoms with Crippen LogP contribution < -0.4 is 16.3 Å². The Kier molecular flexibility index (Phi) is 2.09. The highest BCUT2D eigenvalue weighted by molar-refractivity contribution is 5.18. The van der Waals surface area contributed by atoms with Crippen LogP contribution in [0.5, 0.6) is 0 Å². The molecule has 0 aromatic carbocycles. The molecule has 2 aliphatic heterocycles. The van der Waals surface area contributed by atoms with E-state index < -0.39 is 0 Å². The van der Waals surface area contributed by atoms with Crippen LogP contribution in [0.25, 0.3) is 0 Å². The van der Waals surface area contributed by atoms with Crippen LogP contribution in [-0.4, -0.2) is 0 Å². The van der Waals surface area contributed by atoms with Gasteiger partial charge in [0.15, 0.2) is 0 Å². The predicted molar refractivity (Wildman–Crippen MR) is 46.0 cm³/mol. The minimum atomic E-state index is 0.736. The van der Waals surface area contributed by atoms with Gasteiger partial charge in [-0.05, 0) is 24.3 Å². The van der Waals surface area contributed by atoms with E-state index in [4.69, 9.17) is 9.68 Å². The Bertz CT molecular complexity index is 275. The predicted octanol–water partition coefficient (Wildman–Crippen LogP) is 0.356. The summed E-state index contributed by atoms with van der Waals surface area (Å²) >= 11 is 0. The van der Waals surface area contributed by atoms with Crippen LogP contribution in [0.4, 0.5) is 0 Å². The molecule has 0 bridgehead atoms. The number of nitrogens with one attached hydrogen (secondary N) is 3. The Balaban J connectivity index is 1.96. The molecule has 13 heavy (non-hydrogen) atoms. The molecule has 0 saturated carbocycles. The maximum Gasteiger partial charge on any atom is 0.139 e. The summed E-state index contributed by atoms with van der Waals surface area (Å²) < 4.78 is 0. The zero-order chi connectivity index (χ0) is 8.93. The average molecular weight is 179 g/mol. The fraction of sp³-hybridized carbons (Fsp3) is 0. The molecule has 3 N–H and O–H groups in total. The van der Waals surface area contributed by atoms with Gasteiger partial charge in [0.05, 0.1) is 0 Å². The Morgan fingerprint density at radius 2 is 1.46 bits per heavy atom. The summed E-state index contributed by atoms with van der Waals surface area (Å²) in [4.78, 5) is 9.70. The first kappa shape index (κ1) is 7.60. The smallest absolute Gasteiger partial charge is 0.139 e. The van der Waals surface area contributed by atoms with E-state index in [-0.39, 0.29) is 0 Å². The largest absolute Gasteiger partial charge is 0.389 e. The monoisotopic (exact) mass is 179 g/mol. The van der Waals surface area contributed by atoms with Crippen LogP contribution in [-0.2, 0) is 9.68 Å². The topological polar surface area (TPSA) is 54.5 Å². The lowest BCUT2D eigenvalue weighted by Gasteiger charge is -2.18. The van der Waals surface area contributed by atoms with E-state index in [0.29, 0.717) is 0 Å². The van der Waals surface area contributed by atoms with Crippen LogP contribution in [0, 0.1) is 0 Å². The maximum atomic E-state index is 4.85. The highest BCUT2D eigenvalue weighted by Gasteiger charge is 2.02. The van der Waals surface area contributed by atoms with Gasteiger partial charge in [-0.3, -0.25) is 0 Å². The second-order valence-electron chi connectivity index (χ2n) is 2.38. The molecule has 5 nitrogen and oxygen atoms in total. The van der Waals surface area contributed by atoms with Gasteiger partial charge in [0.1, 0.15) is 24.2 Å². The van der Waals surface area contributed by atoms with E-state index in [0.717, 1.165) is 11.6 Å². The van der Waals surface area contributed by atoms with Crippen LogP contribution >= 0.6 is 0 Å². The van der Waals surface area contributed by atoms with Crippen LogP contribution in [0.2, 0.25) is 0 Å². The second kappa shape index (κ2) is 3.57. The Morgan fingerprint density at radius 3 is 1.85 bits per heavy atom. The summed E-state index contributed by atoms with van der Waals surface area (Å²) in [6.45, 7) is 0. The lowest BCUT2D eigenvalue weighted by molar-refractivity contribution is 0.137. The molecule has 0 aliphatic carbocycles. The molecule has 0 radical (unpaired) electrons. The van der Waals surface area contributed by atoms with E-state index in [2.05, 4.69) is 16.3 Å². The molecule has 0 aromatic rings. The molecule has 2 rings (SSSR count). The van der Waals surface area contributed by atoms with E-state index in [1.807, 2.05) is 12.2 Å². The molecule has 2 aliphatic rings. The number of allylic oxidation sites excluding steroid dienone is 4. The molecule has 0 saturated heterocycles. The van der Waals surface area contributed by atoms with Crippen LogP contribution in [0.1, 0.15) is 0 Å². The molecule has 5 heteroatoms. The van der Waals surface area contributed by atoms with Crippen molar-refractivity contribution < 1.29 is 9.68 Å². The van der Waals surface area contributed by atoms with E-state index in [1.165, 1.54) is 0 Å². The number of hydrogen-bond donors (Lipinski definition) is 3. The number of hydrogen-bond acceptors (Lipinski definition) is 5. The van der Waals surface area contributed by atoms with Crippen molar-refractivity contribution in [2.24, 2.45) is 0 Å². The summed E-state index contributed by atoms with van der Waals surface area (Å²) in [5.41, 5.74) is 5.34. The van der Waals surface area contributed by atoms with Gasteiger partial charge in [-0.2, -0.15) is 0 Å². The van der Waals surface area contributed by atoms with Crippen molar-refractivity contribution >= 4 is 0 Å². The normalized spacial score (nSPS) is 18.5. The molecule has 0 aromatic heterocycles. The van der Waals surface area contributed by atoms with E-state index in [9.17, 15) is 0 Å². The summed E-state index contributed by atoms with van der Waals surface area (Å²) in [6.07, 6.45) is 10.3. The minimum absolute atomic E-state index is 0.736. The van der Waals surface area contributed by atoms with Crippen LogP contribution in [0.3, 0.4) is 0 Å². The van der Waals surface area contributed by atoms with Gasteiger partial charge in [-0.1, -0.05) is 0 Å². The highest BCUT2D eigenvalue weighted by atomic mass is 16.6. The van der Waals surface area contributed by atoms with Gasteiger partial charge in [0, 0.05) is 0 Å². The molecular formula is C8H9N3O2. The second-order valence-corrected chi connectivity index (χ2v) is 2.38. The molecule has 0 spiro atoms. The van der Waals surface area contributed by atoms with Crippen molar-refractivity contribution in [3.05, 3.63) is 48.5 Å². The van der Waals surface area contributed by atoms with Gasteiger partial charge < -0.3 is 15.0 Å². The fourth-order valence-corrected chi connectivity index (χ4v) is 0.892. The van der Waals surface area contributed by atoms with Crippen molar-refractivity contribution in [3.8, 4) is 0 Å². The summed E-state index contributed by atoms with van der Waals surface area (Å²) in [7, 11) is 0. The lowest BCUT2D eigenvalue weighted by atomic mass is 10.4. The van der Waals surface area contributed by atoms with E-state index in [1.54, 1.807) is 24.7 Å². The van der Waals surface area contributed by atoms with Gasteiger partial charge in [-0.25, -0.2) is 11.0 Å². The van der Waals surface area contributed by atoms with Crippen molar-refractivity contribution in [1.29, 1.82) is 0 Å². The van der Waals surface area contributed by atoms with Crippen LogP contribution in [0.15, 0.2) is 48.5 Å². The van der Waals surface area contributed by atoms with Crippen molar-refractivity contribution in [1.82, 2.24) is 16.3 Å². The van der Waals surface area contributed by atoms with Gasteiger partial charge in [0.25, 0.3) is 0 Å². The Hall–Kier alpha value is -2.04. The van der Waals surface area contributed by atoms with Crippen molar-refractivity contribution in [3.63, 3.8) is 0 Å². The molecule has 2 heterocycles. The van der Waals surface area contributed by atoms with Crippen molar-refractivity contribution in [2.75, 3.05) is 0 Å². The molecule has 0 fully saturated rings. The summed E-state index contributed by atoms with van der Waals surface area (Å²) in [5, 5.41) is 3.01. The zero-order valence-corrected chi connectivity index (χ0v) is 6.78. The third kappa shape index (κ3) is 1.96. The van der Waals surface area contributed by atoms with Gasteiger partial charge in [0.2, 0.25) is 0 Å². The maximum absolute atomic E-state index is 4.85. The lowest BCUT2D eigenvalue weighted by Crippen LogP contribution is -2.32. The standard InChI is InChI=1S/C8H9N3O2/c1-3-7(10-12-5-1)9-8-4-2-6-13-11-8/h1-6,9-11H.